The number of hydrogen-bond acceptors (Lipinski definition) is 0. The highest BCUT2D eigenvalue weighted by molar-refractivity contribution is 5.84. The Kier molecular flexibility index (Phi) is 31.6. The predicted molar refractivity (Wildman–Crippen MR) is 276 cm³/mol. The number of hydrogen-bond donors (Lipinski definition) is 0. The summed E-state index contributed by atoms with van der Waals surface area (Å²) in [5, 5.41) is 0. The van der Waals surface area contributed by atoms with Gasteiger partial charge < -0.3 is 5.53 Å². The van der Waals surface area contributed by atoms with Gasteiger partial charge in [-0.2, -0.15) is 0 Å². The molecule has 0 aliphatic carbocycles. The van der Waals surface area contributed by atoms with Crippen molar-refractivity contribution in [2.75, 3.05) is 0 Å². The zero-order chi connectivity index (χ0) is 44.1. The molecule has 0 spiro atoms. The summed E-state index contributed by atoms with van der Waals surface area (Å²) in [5.41, 5.74) is 21.8. The van der Waals surface area contributed by atoms with E-state index in [0.717, 1.165) is 54.6 Å². The molecular weight excluding hydrogens is 749 g/mol. The molecule has 0 bridgehead atoms. The van der Waals surface area contributed by atoms with Crippen molar-refractivity contribution >= 4 is 11.4 Å². The fraction of sp³-hybridized carbons (Fsp3) is 0.700. The third-order valence-electron chi connectivity index (χ3n) is 13.7. The lowest BCUT2D eigenvalue weighted by Gasteiger charge is -2.11. The molecule has 0 amide bonds. The highest BCUT2D eigenvalue weighted by atomic mass is 15.2. The van der Waals surface area contributed by atoms with Crippen LogP contribution in [0.4, 0.5) is 0 Å². The van der Waals surface area contributed by atoms with E-state index < -0.39 is 0 Å². The van der Waals surface area contributed by atoms with Crippen molar-refractivity contribution in [1.82, 2.24) is 0 Å². The van der Waals surface area contributed by atoms with Crippen molar-refractivity contribution < 1.29 is 4.70 Å². The van der Waals surface area contributed by atoms with Crippen molar-refractivity contribution in [3.63, 3.8) is 0 Å². The van der Waals surface area contributed by atoms with Crippen LogP contribution in [-0.2, 0) is 12.8 Å². The van der Waals surface area contributed by atoms with Gasteiger partial charge in [-0.3, -0.25) is 0 Å². The Labute approximate surface area is 385 Å². The van der Waals surface area contributed by atoms with E-state index in [1.165, 1.54) is 234 Å². The van der Waals surface area contributed by atoms with Crippen molar-refractivity contribution in [2.24, 2.45) is 0 Å². The second kappa shape index (κ2) is 36.6. The lowest BCUT2D eigenvalue weighted by molar-refractivity contribution is -0.345. The lowest BCUT2D eigenvalue weighted by Crippen LogP contribution is -2.03. The van der Waals surface area contributed by atoms with Crippen molar-refractivity contribution in [1.29, 1.82) is 0 Å². The van der Waals surface area contributed by atoms with Crippen LogP contribution in [0.1, 0.15) is 281 Å². The SMILES string of the molecule is CCCCCCCCCCCCCCCCCCCCC=CC1=C(c2ccc(CCCCCCCC)cc2)[N+](=[N-])C(c2ccc(CCCCCCCC)cc2)=C1CCCCCC. The first-order chi connectivity index (χ1) is 30.6. The normalized spacial score (nSPS) is 13.2. The maximum atomic E-state index is 12.3. The summed E-state index contributed by atoms with van der Waals surface area (Å²) in [6.45, 7) is 9.19. The van der Waals surface area contributed by atoms with Crippen LogP contribution in [0.3, 0.4) is 0 Å². The topological polar surface area (TPSA) is 25.3 Å². The zero-order valence-electron chi connectivity index (χ0n) is 41.5. The van der Waals surface area contributed by atoms with Crippen LogP contribution in [0.25, 0.3) is 16.9 Å². The fourth-order valence-corrected chi connectivity index (χ4v) is 9.60. The molecule has 0 saturated carbocycles. The van der Waals surface area contributed by atoms with Crippen molar-refractivity contribution in [3.8, 4) is 0 Å². The van der Waals surface area contributed by atoms with Gasteiger partial charge in [0.2, 0.25) is 11.4 Å². The summed E-state index contributed by atoms with van der Waals surface area (Å²) in [5.74, 6) is 0. The predicted octanol–water partition coefficient (Wildman–Crippen LogP) is 20.6. The maximum absolute atomic E-state index is 12.3. The number of nitrogens with zero attached hydrogens (tertiary/aromatic N) is 2. The fourth-order valence-electron chi connectivity index (χ4n) is 9.60. The van der Waals surface area contributed by atoms with Crippen molar-refractivity contribution in [3.05, 3.63) is 99.6 Å². The van der Waals surface area contributed by atoms with Gasteiger partial charge in [-0.05, 0) is 86.8 Å². The van der Waals surface area contributed by atoms with Gasteiger partial charge >= 0.3 is 0 Å². The van der Waals surface area contributed by atoms with E-state index in [0.29, 0.717) is 0 Å². The molecule has 1 aliphatic heterocycles. The largest absolute Gasteiger partial charge is 0.493 e. The summed E-state index contributed by atoms with van der Waals surface area (Å²) >= 11 is 0. The van der Waals surface area contributed by atoms with Gasteiger partial charge in [-0.1, -0.05) is 257 Å². The van der Waals surface area contributed by atoms with Crippen LogP contribution in [-0.4, -0.2) is 4.70 Å². The highest BCUT2D eigenvalue weighted by Gasteiger charge is 2.34. The van der Waals surface area contributed by atoms with Gasteiger partial charge in [0, 0.05) is 16.7 Å². The molecule has 3 rings (SSSR count). The van der Waals surface area contributed by atoms with Gasteiger partial charge in [0.1, 0.15) is 0 Å². The van der Waals surface area contributed by atoms with Gasteiger partial charge in [-0.15, -0.1) is 0 Å². The van der Waals surface area contributed by atoms with Gasteiger partial charge in [0.15, 0.2) is 0 Å². The van der Waals surface area contributed by atoms with Crippen molar-refractivity contribution in [2.45, 2.75) is 272 Å². The number of aryl methyl sites for hydroxylation is 2. The first-order valence-corrected chi connectivity index (χ1v) is 27.5. The average molecular weight is 847 g/mol. The first kappa shape index (κ1) is 53.6. The van der Waals surface area contributed by atoms with Crippen LogP contribution in [0.2, 0.25) is 0 Å². The quantitative estimate of drug-likeness (QED) is 0.0471. The van der Waals surface area contributed by atoms with Crippen LogP contribution in [0.5, 0.6) is 0 Å². The Morgan fingerprint density at radius 2 is 0.661 bits per heavy atom. The molecule has 62 heavy (non-hydrogen) atoms. The summed E-state index contributed by atoms with van der Waals surface area (Å²) in [7, 11) is 0. The molecule has 2 aromatic rings. The number of allylic oxidation sites excluding steroid dienone is 4. The van der Waals surface area contributed by atoms with Gasteiger partial charge in [0.25, 0.3) is 0 Å². The van der Waals surface area contributed by atoms with E-state index in [4.69, 9.17) is 0 Å². The molecule has 0 unspecified atom stereocenters. The van der Waals surface area contributed by atoms with Gasteiger partial charge in [-0.25, -0.2) is 4.70 Å². The lowest BCUT2D eigenvalue weighted by atomic mass is 9.93. The Morgan fingerprint density at radius 3 is 1.05 bits per heavy atom. The molecular formula is C60H98N2. The molecule has 0 radical (unpaired) electrons. The summed E-state index contributed by atoms with van der Waals surface area (Å²) in [6.07, 6.45) is 55.4. The molecule has 2 aromatic carbocycles. The van der Waals surface area contributed by atoms with Crippen LogP contribution < -0.4 is 0 Å². The molecule has 2 nitrogen and oxygen atoms in total. The number of rotatable bonds is 41. The summed E-state index contributed by atoms with van der Waals surface area (Å²) in [4.78, 5) is 0. The van der Waals surface area contributed by atoms with Gasteiger partial charge in [0.05, 0.1) is 5.57 Å². The number of unbranched alkanes of at least 4 members (excludes halogenated alkanes) is 31. The standard InChI is InChI=1S/C60H98N2/c1-5-9-13-17-20-21-22-23-24-25-26-27-28-29-30-31-32-33-36-40-44-58-57(43-39-16-12-8-4)59(55-49-45-53(46-50-55)41-37-34-18-14-10-6-2)62(61)60(58)56-51-47-54(48-52-56)42-38-35-19-15-11-7-3/h40,44-52H,5-39,41-43H2,1-4H3. The minimum atomic E-state index is 0.960. The second-order valence-electron chi connectivity index (χ2n) is 19.3. The van der Waals surface area contributed by atoms with E-state index in [9.17, 15) is 5.53 Å². The Balaban J connectivity index is 1.61. The Morgan fingerprint density at radius 1 is 0.355 bits per heavy atom. The molecule has 1 aliphatic rings. The third-order valence-corrected chi connectivity index (χ3v) is 13.7. The second-order valence-corrected chi connectivity index (χ2v) is 19.3. The molecule has 0 fully saturated rings. The van der Waals surface area contributed by atoms with Crippen LogP contribution in [0, 0.1) is 0 Å². The molecule has 0 saturated heterocycles. The van der Waals surface area contributed by atoms with Crippen LogP contribution >= 0.6 is 0 Å². The molecule has 348 valence electrons. The smallest absolute Gasteiger partial charge is 0.215 e. The van der Waals surface area contributed by atoms with E-state index in [1.807, 2.05) is 0 Å². The first-order valence-electron chi connectivity index (χ1n) is 27.5. The summed E-state index contributed by atoms with van der Waals surface area (Å²) < 4.78 is 1.57. The Bertz CT molecular complexity index is 1490. The van der Waals surface area contributed by atoms with E-state index >= 15 is 0 Å². The monoisotopic (exact) mass is 847 g/mol. The zero-order valence-corrected chi connectivity index (χ0v) is 41.5. The van der Waals surface area contributed by atoms with Crippen LogP contribution in [0.15, 0.2) is 71.8 Å². The van der Waals surface area contributed by atoms with E-state index in [1.54, 1.807) is 4.70 Å². The van der Waals surface area contributed by atoms with E-state index in [-0.39, 0.29) is 0 Å². The van der Waals surface area contributed by atoms with E-state index in [2.05, 4.69) is 88.4 Å². The molecule has 1 heterocycles. The maximum Gasteiger partial charge on any atom is 0.215 e. The molecule has 0 aromatic heterocycles. The third kappa shape index (κ3) is 22.7. The molecule has 0 atom stereocenters. The highest BCUT2D eigenvalue weighted by Crippen LogP contribution is 2.43. The Hall–Kier alpha value is -2.74. The summed E-state index contributed by atoms with van der Waals surface area (Å²) in [6, 6.07) is 18.4. The molecule has 2 heteroatoms. The molecule has 0 N–H and O–H groups in total. The number of benzene rings is 2. The average Bonchev–Trinajstić information content (AvgIpc) is 3.57. The minimum absolute atomic E-state index is 0.960. The minimum Gasteiger partial charge on any atom is -0.493 e.